The first-order valence-corrected chi connectivity index (χ1v) is 5.18. The van der Waals surface area contributed by atoms with Crippen molar-refractivity contribution >= 4 is 5.97 Å². The van der Waals surface area contributed by atoms with Gasteiger partial charge >= 0.3 is 5.97 Å². The van der Waals surface area contributed by atoms with Gasteiger partial charge in [0, 0.05) is 6.42 Å². The third-order valence-corrected chi connectivity index (χ3v) is 2.44. The molecule has 0 aliphatic rings. The lowest BCUT2D eigenvalue weighted by Gasteiger charge is -2.29. The fraction of sp³-hybridized carbons (Fsp3) is 0.417. The van der Waals surface area contributed by atoms with E-state index in [4.69, 9.17) is 4.74 Å². The van der Waals surface area contributed by atoms with E-state index in [-0.39, 0.29) is 6.42 Å². The molecular weight excluding hydrogens is 208 g/mol. The molecule has 0 heterocycles. The summed E-state index contributed by atoms with van der Waals surface area (Å²) in [4.78, 5) is 11.6. The van der Waals surface area contributed by atoms with Gasteiger partial charge in [-0.2, -0.15) is 0 Å². The number of carbonyl (C=O) groups excluding carboxylic acids is 1. The predicted octanol–water partition coefficient (Wildman–Crippen LogP) is 1.32. The second kappa shape index (κ2) is 5.09. The first kappa shape index (κ1) is 12.7. The maximum atomic E-state index is 11.6. The van der Waals surface area contributed by atoms with Gasteiger partial charge in [-0.15, -0.1) is 0 Å². The standard InChI is InChI=1S/C12H16O4/c1-3-12(15,9(2)13)16-11(14)10-7-5-4-6-8-10/h4-9,13,15H,3H2,1-2H3. The van der Waals surface area contributed by atoms with E-state index >= 15 is 0 Å². The summed E-state index contributed by atoms with van der Waals surface area (Å²) in [5, 5.41) is 19.2. The molecule has 0 aliphatic carbocycles. The summed E-state index contributed by atoms with van der Waals surface area (Å²) in [5.74, 6) is -2.47. The Morgan fingerprint density at radius 1 is 1.44 bits per heavy atom. The Labute approximate surface area is 94.5 Å². The molecule has 2 unspecified atom stereocenters. The Bertz CT molecular complexity index is 347. The molecule has 0 aliphatic heterocycles. The van der Waals surface area contributed by atoms with Crippen LogP contribution in [-0.2, 0) is 4.74 Å². The molecule has 0 spiro atoms. The highest BCUT2D eigenvalue weighted by atomic mass is 16.7. The second-order valence-electron chi connectivity index (χ2n) is 3.63. The summed E-state index contributed by atoms with van der Waals surface area (Å²) >= 11 is 0. The molecule has 0 bridgehead atoms. The van der Waals surface area contributed by atoms with Crippen molar-refractivity contribution in [1.29, 1.82) is 0 Å². The molecule has 4 heteroatoms. The van der Waals surface area contributed by atoms with E-state index in [1.807, 2.05) is 0 Å². The van der Waals surface area contributed by atoms with Crippen LogP contribution in [0.4, 0.5) is 0 Å². The van der Waals surface area contributed by atoms with Crippen molar-refractivity contribution in [2.75, 3.05) is 0 Å². The number of aliphatic hydroxyl groups excluding tert-OH is 1. The molecule has 4 nitrogen and oxygen atoms in total. The van der Waals surface area contributed by atoms with E-state index in [9.17, 15) is 15.0 Å². The first-order chi connectivity index (χ1) is 7.49. The van der Waals surface area contributed by atoms with E-state index in [1.165, 1.54) is 6.92 Å². The molecule has 16 heavy (non-hydrogen) atoms. The molecule has 2 atom stereocenters. The van der Waals surface area contributed by atoms with Crippen LogP contribution in [0, 0.1) is 0 Å². The van der Waals surface area contributed by atoms with Crippen LogP contribution in [0.1, 0.15) is 30.6 Å². The number of rotatable bonds is 4. The zero-order valence-electron chi connectivity index (χ0n) is 9.38. The van der Waals surface area contributed by atoms with Crippen molar-refractivity contribution in [1.82, 2.24) is 0 Å². The first-order valence-electron chi connectivity index (χ1n) is 5.18. The fourth-order valence-corrected chi connectivity index (χ4v) is 1.25. The maximum absolute atomic E-state index is 11.6. The monoisotopic (exact) mass is 224 g/mol. The minimum atomic E-state index is -1.83. The summed E-state index contributed by atoms with van der Waals surface area (Å²) in [7, 11) is 0. The number of benzene rings is 1. The molecule has 0 amide bonds. The predicted molar refractivity (Wildman–Crippen MR) is 58.8 cm³/mol. The normalized spacial score (nSPS) is 16.2. The van der Waals surface area contributed by atoms with Gasteiger partial charge in [-0.1, -0.05) is 25.1 Å². The van der Waals surface area contributed by atoms with Gasteiger partial charge in [0.05, 0.1) is 5.56 Å². The summed E-state index contributed by atoms with van der Waals surface area (Å²) in [5.41, 5.74) is 0.343. The van der Waals surface area contributed by atoms with Gasteiger partial charge in [-0.3, -0.25) is 0 Å². The molecule has 1 aromatic rings. The number of esters is 1. The number of ether oxygens (including phenoxy) is 1. The van der Waals surface area contributed by atoms with Crippen molar-refractivity contribution in [2.24, 2.45) is 0 Å². The summed E-state index contributed by atoms with van der Waals surface area (Å²) < 4.78 is 4.90. The largest absolute Gasteiger partial charge is 0.427 e. The molecule has 0 aromatic heterocycles. The second-order valence-corrected chi connectivity index (χ2v) is 3.63. The molecule has 88 valence electrons. The Kier molecular flexibility index (Phi) is 4.04. The minimum Gasteiger partial charge on any atom is -0.427 e. The number of carbonyl (C=O) groups is 1. The van der Waals surface area contributed by atoms with Crippen LogP contribution in [0.25, 0.3) is 0 Å². The van der Waals surface area contributed by atoms with Crippen LogP contribution in [-0.4, -0.2) is 28.1 Å². The molecule has 0 fully saturated rings. The van der Waals surface area contributed by atoms with E-state index in [0.29, 0.717) is 5.56 Å². The lowest BCUT2D eigenvalue weighted by atomic mass is 10.1. The lowest BCUT2D eigenvalue weighted by Crippen LogP contribution is -2.44. The van der Waals surface area contributed by atoms with Gasteiger partial charge < -0.3 is 14.9 Å². The van der Waals surface area contributed by atoms with E-state index < -0.39 is 17.9 Å². The molecule has 0 radical (unpaired) electrons. The van der Waals surface area contributed by atoms with Gasteiger partial charge in [-0.05, 0) is 19.1 Å². The van der Waals surface area contributed by atoms with E-state index in [0.717, 1.165) is 0 Å². The molecule has 2 N–H and O–H groups in total. The highest BCUT2D eigenvalue weighted by molar-refractivity contribution is 5.89. The highest BCUT2D eigenvalue weighted by Crippen LogP contribution is 2.19. The van der Waals surface area contributed by atoms with Gasteiger partial charge in [0.1, 0.15) is 6.10 Å². The van der Waals surface area contributed by atoms with Crippen molar-refractivity contribution in [2.45, 2.75) is 32.2 Å². The Hall–Kier alpha value is -1.39. The number of hydrogen-bond donors (Lipinski definition) is 2. The average Bonchev–Trinajstić information content (AvgIpc) is 2.29. The van der Waals surface area contributed by atoms with Crippen LogP contribution in [0.15, 0.2) is 30.3 Å². The van der Waals surface area contributed by atoms with Crippen molar-refractivity contribution < 1.29 is 19.7 Å². The average molecular weight is 224 g/mol. The lowest BCUT2D eigenvalue weighted by molar-refractivity contribution is -0.220. The Balaban J connectivity index is 2.78. The zero-order chi connectivity index (χ0) is 12.2. The van der Waals surface area contributed by atoms with E-state index in [2.05, 4.69) is 0 Å². The zero-order valence-corrected chi connectivity index (χ0v) is 9.38. The SMILES string of the molecule is CCC(O)(OC(=O)c1ccccc1)C(C)O. The van der Waals surface area contributed by atoms with Crippen molar-refractivity contribution in [3.8, 4) is 0 Å². The van der Waals surface area contributed by atoms with Gasteiger partial charge in [0.2, 0.25) is 5.79 Å². The minimum absolute atomic E-state index is 0.128. The Morgan fingerprint density at radius 3 is 2.44 bits per heavy atom. The summed E-state index contributed by atoms with van der Waals surface area (Å²) in [6.45, 7) is 3.01. The molecular formula is C12H16O4. The highest BCUT2D eigenvalue weighted by Gasteiger charge is 2.35. The smallest absolute Gasteiger partial charge is 0.340 e. The third-order valence-electron chi connectivity index (χ3n) is 2.44. The van der Waals surface area contributed by atoms with Crippen molar-refractivity contribution in [3.63, 3.8) is 0 Å². The van der Waals surface area contributed by atoms with E-state index in [1.54, 1.807) is 37.3 Å². The van der Waals surface area contributed by atoms with Crippen LogP contribution in [0.2, 0.25) is 0 Å². The van der Waals surface area contributed by atoms with Crippen LogP contribution in [0.5, 0.6) is 0 Å². The number of hydrogen-bond acceptors (Lipinski definition) is 4. The summed E-state index contributed by atoms with van der Waals surface area (Å²) in [6.07, 6.45) is -1.01. The third kappa shape index (κ3) is 2.81. The van der Waals surface area contributed by atoms with Crippen LogP contribution >= 0.6 is 0 Å². The summed E-state index contributed by atoms with van der Waals surface area (Å²) in [6, 6.07) is 8.34. The Morgan fingerprint density at radius 2 is 2.00 bits per heavy atom. The van der Waals surface area contributed by atoms with Crippen LogP contribution in [0.3, 0.4) is 0 Å². The maximum Gasteiger partial charge on any atom is 0.340 e. The molecule has 0 saturated carbocycles. The fourth-order valence-electron chi connectivity index (χ4n) is 1.25. The van der Waals surface area contributed by atoms with Gasteiger partial charge in [0.15, 0.2) is 0 Å². The van der Waals surface area contributed by atoms with Gasteiger partial charge in [-0.25, -0.2) is 4.79 Å². The van der Waals surface area contributed by atoms with Crippen LogP contribution < -0.4 is 0 Å². The molecule has 0 saturated heterocycles. The number of aliphatic hydroxyl groups is 2. The molecule has 1 aromatic carbocycles. The van der Waals surface area contributed by atoms with Gasteiger partial charge in [0.25, 0.3) is 0 Å². The van der Waals surface area contributed by atoms with Crippen molar-refractivity contribution in [3.05, 3.63) is 35.9 Å². The molecule has 1 rings (SSSR count). The quantitative estimate of drug-likeness (QED) is 0.598. The topological polar surface area (TPSA) is 66.8 Å².